The molecule has 0 aromatic carbocycles. The molecule has 19 heavy (non-hydrogen) atoms. The first-order valence-electron chi connectivity index (χ1n) is 6.21. The van der Waals surface area contributed by atoms with Crippen molar-refractivity contribution in [2.24, 2.45) is 0 Å². The highest BCUT2D eigenvalue weighted by Crippen LogP contribution is 2.07. The summed E-state index contributed by atoms with van der Waals surface area (Å²) in [7, 11) is 0. The first kappa shape index (κ1) is 17.4. The van der Waals surface area contributed by atoms with Gasteiger partial charge in [0.15, 0.2) is 0 Å². The van der Waals surface area contributed by atoms with E-state index in [1.54, 1.807) is 6.92 Å². The number of ether oxygens (including phenoxy) is 2. The summed E-state index contributed by atoms with van der Waals surface area (Å²) in [5, 5.41) is 9.40. The Labute approximate surface area is 113 Å². The second-order valence-corrected chi connectivity index (χ2v) is 4.41. The van der Waals surface area contributed by atoms with Gasteiger partial charge in [-0.3, -0.25) is 0 Å². The minimum Gasteiger partial charge on any atom is -0.462 e. The Morgan fingerprint density at radius 3 is 2.16 bits per heavy atom. The van der Waals surface area contributed by atoms with Gasteiger partial charge in [0.2, 0.25) is 6.29 Å². The monoisotopic (exact) mass is 270 g/mol. The van der Waals surface area contributed by atoms with Crippen LogP contribution < -0.4 is 0 Å². The van der Waals surface area contributed by atoms with Crippen LogP contribution in [0.2, 0.25) is 0 Å². The number of carbonyl (C=O) groups is 2. The molecule has 1 atom stereocenters. The van der Waals surface area contributed by atoms with Crippen LogP contribution in [0, 0.1) is 0 Å². The molecular weight excluding hydrogens is 248 g/mol. The highest BCUT2D eigenvalue weighted by Gasteiger charge is 2.11. The molecule has 5 nitrogen and oxygen atoms in total. The molecule has 108 valence electrons. The number of esters is 2. The smallest absolute Gasteiger partial charge is 0.335 e. The fourth-order valence-electron chi connectivity index (χ4n) is 1.17. The molecule has 0 aliphatic carbocycles. The van der Waals surface area contributed by atoms with Gasteiger partial charge in [0.1, 0.15) is 0 Å². The summed E-state index contributed by atoms with van der Waals surface area (Å²) in [5.74, 6) is -0.988. The predicted octanol–water partition coefficient (Wildman–Crippen LogP) is 2.10. The average Bonchev–Trinajstić information content (AvgIpc) is 2.32. The van der Waals surface area contributed by atoms with Crippen LogP contribution in [0.3, 0.4) is 0 Å². The van der Waals surface area contributed by atoms with E-state index in [1.165, 1.54) is 6.92 Å². The number of unbranched alkanes of at least 4 members (excludes halogenated alkanes) is 2. The zero-order valence-electron chi connectivity index (χ0n) is 11.6. The van der Waals surface area contributed by atoms with E-state index >= 15 is 0 Å². The van der Waals surface area contributed by atoms with Gasteiger partial charge in [-0.15, -0.1) is 0 Å². The quantitative estimate of drug-likeness (QED) is 0.300. The molecule has 0 radical (unpaired) electrons. The Morgan fingerprint density at radius 2 is 1.63 bits per heavy atom. The molecule has 0 rings (SSSR count). The molecule has 5 heteroatoms. The highest BCUT2D eigenvalue weighted by atomic mass is 16.6. The third-order valence-electron chi connectivity index (χ3n) is 2.27. The molecule has 0 aliphatic heterocycles. The van der Waals surface area contributed by atoms with E-state index in [9.17, 15) is 14.7 Å². The van der Waals surface area contributed by atoms with E-state index in [0.29, 0.717) is 31.4 Å². The van der Waals surface area contributed by atoms with Crippen LogP contribution in [0.4, 0.5) is 0 Å². The van der Waals surface area contributed by atoms with Gasteiger partial charge >= 0.3 is 11.9 Å². The largest absolute Gasteiger partial charge is 0.462 e. The third kappa shape index (κ3) is 9.02. The number of aliphatic hydroxyl groups excluding tert-OH is 1. The lowest BCUT2D eigenvalue weighted by molar-refractivity contribution is -0.163. The Kier molecular flexibility index (Phi) is 8.53. The van der Waals surface area contributed by atoms with E-state index in [2.05, 4.69) is 13.2 Å². The van der Waals surface area contributed by atoms with Gasteiger partial charge in [0.25, 0.3) is 0 Å². The first-order valence-corrected chi connectivity index (χ1v) is 6.21. The Bertz CT molecular complexity index is 346. The fraction of sp³-hybridized carbons (Fsp3) is 0.571. The summed E-state index contributed by atoms with van der Waals surface area (Å²) in [6.07, 6.45) is 1.38. The molecular formula is C14H22O5. The van der Waals surface area contributed by atoms with E-state index in [0.717, 1.165) is 6.42 Å². The zero-order valence-corrected chi connectivity index (χ0v) is 11.6. The molecule has 0 heterocycles. The third-order valence-corrected chi connectivity index (χ3v) is 2.27. The van der Waals surface area contributed by atoms with Crippen molar-refractivity contribution in [3.63, 3.8) is 0 Å². The van der Waals surface area contributed by atoms with Gasteiger partial charge in [-0.25, -0.2) is 9.59 Å². The molecule has 0 saturated heterocycles. The Balaban J connectivity index is 3.54. The lowest BCUT2D eigenvalue weighted by atomic mass is 10.2. The molecule has 0 spiro atoms. The normalized spacial score (nSPS) is 11.5. The van der Waals surface area contributed by atoms with Crippen molar-refractivity contribution >= 4 is 11.9 Å². The van der Waals surface area contributed by atoms with Crippen LogP contribution in [0.15, 0.2) is 24.3 Å². The van der Waals surface area contributed by atoms with Gasteiger partial charge in [-0.2, -0.15) is 0 Å². The number of hydrogen-bond acceptors (Lipinski definition) is 5. The lowest BCUT2D eigenvalue weighted by Gasteiger charge is -2.11. The predicted molar refractivity (Wildman–Crippen MR) is 71.2 cm³/mol. The Hall–Kier alpha value is -1.62. The summed E-state index contributed by atoms with van der Waals surface area (Å²) in [4.78, 5) is 22.1. The molecule has 0 aromatic rings. The molecule has 0 aliphatic rings. The van der Waals surface area contributed by atoms with Crippen molar-refractivity contribution in [3.05, 3.63) is 24.3 Å². The maximum absolute atomic E-state index is 11.1. The van der Waals surface area contributed by atoms with Crippen molar-refractivity contribution < 1.29 is 24.2 Å². The van der Waals surface area contributed by atoms with Crippen molar-refractivity contribution in [2.75, 3.05) is 6.61 Å². The summed E-state index contributed by atoms with van der Waals surface area (Å²) in [6.45, 7) is 10.3. The van der Waals surface area contributed by atoms with Crippen molar-refractivity contribution in [1.29, 1.82) is 0 Å². The average molecular weight is 270 g/mol. The minimum atomic E-state index is -1.11. The first-order chi connectivity index (χ1) is 8.84. The highest BCUT2D eigenvalue weighted by molar-refractivity contribution is 5.87. The second kappa shape index (κ2) is 9.33. The SMILES string of the molecule is C=C(C)C(=O)OCCCCCC(O)OC(=O)C(=C)C. The van der Waals surface area contributed by atoms with Gasteiger partial charge < -0.3 is 14.6 Å². The summed E-state index contributed by atoms with van der Waals surface area (Å²) < 4.78 is 9.62. The van der Waals surface area contributed by atoms with Crippen LogP contribution in [0.25, 0.3) is 0 Å². The topological polar surface area (TPSA) is 72.8 Å². The van der Waals surface area contributed by atoms with Crippen LogP contribution in [0.1, 0.15) is 39.5 Å². The Morgan fingerprint density at radius 1 is 1.05 bits per heavy atom. The van der Waals surface area contributed by atoms with Crippen molar-refractivity contribution in [2.45, 2.75) is 45.8 Å². The lowest BCUT2D eigenvalue weighted by Crippen LogP contribution is -2.17. The molecule has 0 saturated carbocycles. The summed E-state index contributed by atoms with van der Waals surface area (Å²) >= 11 is 0. The minimum absolute atomic E-state index is 0.255. The summed E-state index contributed by atoms with van der Waals surface area (Å²) in [6, 6.07) is 0. The van der Waals surface area contributed by atoms with Gasteiger partial charge in [0, 0.05) is 17.6 Å². The second-order valence-electron chi connectivity index (χ2n) is 4.41. The van der Waals surface area contributed by atoms with E-state index in [4.69, 9.17) is 9.47 Å². The van der Waals surface area contributed by atoms with Crippen molar-refractivity contribution in [1.82, 2.24) is 0 Å². The van der Waals surface area contributed by atoms with E-state index < -0.39 is 18.2 Å². The van der Waals surface area contributed by atoms with Crippen LogP contribution in [-0.2, 0) is 19.1 Å². The molecule has 0 bridgehead atoms. The number of rotatable bonds is 9. The van der Waals surface area contributed by atoms with Crippen LogP contribution >= 0.6 is 0 Å². The summed E-state index contributed by atoms with van der Waals surface area (Å²) in [5.41, 5.74) is 0.632. The molecule has 1 unspecified atom stereocenters. The molecule has 0 aromatic heterocycles. The van der Waals surface area contributed by atoms with Crippen LogP contribution in [-0.4, -0.2) is 29.9 Å². The molecule has 1 N–H and O–H groups in total. The fourth-order valence-corrected chi connectivity index (χ4v) is 1.17. The van der Waals surface area contributed by atoms with E-state index in [-0.39, 0.29) is 5.57 Å². The zero-order chi connectivity index (χ0) is 14.8. The maximum atomic E-state index is 11.1. The molecule has 0 fully saturated rings. The van der Waals surface area contributed by atoms with Crippen LogP contribution in [0.5, 0.6) is 0 Å². The standard InChI is InChI=1S/C14H22O5/c1-10(2)13(16)18-9-7-5-6-8-12(15)19-14(17)11(3)4/h12,15H,1,3,5-9H2,2,4H3. The van der Waals surface area contributed by atoms with E-state index in [1.807, 2.05) is 0 Å². The number of aliphatic hydroxyl groups is 1. The van der Waals surface area contributed by atoms with Gasteiger partial charge in [-0.1, -0.05) is 13.2 Å². The molecule has 0 amide bonds. The van der Waals surface area contributed by atoms with Gasteiger partial charge in [0.05, 0.1) is 6.61 Å². The van der Waals surface area contributed by atoms with Gasteiger partial charge in [-0.05, 0) is 33.1 Å². The van der Waals surface area contributed by atoms with Crippen molar-refractivity contribution in [3.8, 4) is 0 Å². The number of carbonyl (C=O) groups excluding carboxylic acids is 2. The maximum Gasteiger partial charge on any atom is 0.335 e. The number of hydrogen-bond donors (Lipinski definition) is 1.